The van der Waals surface area contributed by atoms with Gasteiger partial charge in [0.2, 0.25) is 5.95 Å². The molecule has 3 aromatic heterocycles. The third-order valence-corrected chi connectivity index (χ3v) is 8.41. The molecule has 0 radical (unpaired) electrons. The molecule has 1 saturated heterocycles. The largest absolute Gasteiger partial charge is 0.396 e. The van der Waals surface area contributed by atoms with Crippen LogP contribution in [-0.2, 0) is 0 Å². The number of pyridine rings is 1. The lowest BCUT2D eigenvalue weighted by Crippen LogP contribution is -2.55. The fraction of sp³-hybridized carbons (Fsp3) is 0.583. The van der Waals surface area contributed by atoms with Gasteiger partial charge in [0.15, 0.2) is 0 Å². The zero-order valence-corrected chi connectivity index (χ0v) is 20.4. The van der Waals surface area contributed by atoms with Gasteiger partial charge >= 0.3 is 0 Å². The van der Waals surface area contributed by atoms with Crippen molar-refractivity contribution >= 4 is 33.3 Å². The minimum absolute atomic E-state index is 0.178. The zero-order valence-electron chi connectivity index (χ0n) is 19.6. The number of fused-ring (bicyclic) bond motifs is 1. The first-order valence-electron chi connectivity index (χ1n) is 12.3. The van der Waals surface area contributed by atoms with Gasteiger partial charge in [-0.25, -0.2) is 9.97 Å². The molecule has 4 atom stereocenters. The number of aryl methyl sites for hydroxylation is 1. The molecular weight excluding hydrogens is 466 g/mol. The van der Waals surface area contributed by atoms with Gasteiger partial charge in [0, 0.05) is 38.4 Å². The van der Waals surface area contributed by atoms with E-state index in [1.54, 1.807) is 23.7 Å². The molecule has 6 rings (SSSR count). The highest BCUT2D eigenvalue weighted by atomic mass is 32.1. The van der Waals surface area contributed by atoms with Crippen LogP contribution in [0.3, 0.4) is 0 Å². The molecule has 35 heavy (non-hydrogen) atoms. The maximum atomic E-state index is 10.6. The molecule has 3 aromatic rings. The number of hydrogen-bond acceptors (Lipinski definition) is 11. The van der Waals surface area contributed by atoms with E-state index in [4.69, 9.17) is 15.0 Å². The normalized spacial score (nSPS) is 27.3. The number of nitrogens with one attached hydrogen (secondary N) is 2. The number of hydrogen-bond donors (Lipinski definition) is 5. The van der Waals surface area contributed by atoms with Crippen molar-refractivity contribution in [3.8, 4) is 10.6 Å². The predicted molar refractivity (Wildman–Crippen MR) is 134 cm³/mol. The van der Waals surface area contributed by atoms with Crippen LogP contribution in [0.15, 0.2) is 18.5 Å². The van der Waals surface area contributed by atoms with Crippen LogP contribution >= 0.6 is 11.3 Å². The Kier molecular flexibility index (Phi) is 6.05. The van der Waals surface area contributed by atoms with E-state index in [2.05, 4.69) is 20.5 Å². The number of thiazole rings is 1. The van der Waals surface area contributed by atoms with Crippen LogP contribution in [0, 0.1) is 18.8 Å². The predicted octanol–water partition coefficient (Wildman–Crippen LogP) is 1.48. The molecule has 0 aromatic carbocycles. The van der Waals surface area contributed by atoms with Crippen LogP contribution in [-0.4, -0.2) is 90.7 Å². The van der Waals surface area contributed by atoms with Gasteiger partial charge in [0.1, 0.15) is 22.4 Å². The van der Waals surface area contributed by atoms with Crippen molar-refractivity contribution in [2.45, 2.75) is 50.5 Å². The standard InChI is InChI=1S/C24H31N7O3S/c1-12-19(23-29-17-7-25-5-4-18(17)35-23)22(28-16-6-14(11-32)20(33)21(16)34)30-24(26-12)27-15-9-31(10-15)8-13-2-3-13/h4-5,7,13-16,20-21,32-34H,2-3,6,8-11H2,1H3,(H2,26,27,28,30)/t14-,16?,20-,21+/m1/s1. The van der Waals surface area contributed by atoms with E-state index < -0.39 is 18.2 Å². The number of aromatic nitrogens is 4. The molecule has 5 N–H and O–H groups in total. The van der Waals surface area contributed by atoms with Gasteiger partial charge < -0.3 is 26.0 Å². The van der Waals surface area contributed by atoms with Gasteiger partial charge in [-0.3, -0.25) is 9.88 Å². The molecule has 3 aliphatic rings. The Hall–Kier alpha value is -2.44. The Morgan fingerprint density at radius 2 is 1.94 bits per heavy atom. The van der Waals surface area contributed by atoms with E-state index in [1.807, 2.05) is 13.0 Å². The lowest BCUT2D eigenvalue weighted by atomic mass is 10.1. The number of anilines is 2. The second-order valence-corrected chi connectivity index (χ2v) is 11.2. The highest BCUT2D eigenvalue weighted by molar-refractivity contribution is 7.21. The number of aliphatic hydroxyl groups excluding tert-OH is 3. The Labute approximate surface area is 207 Å². The van der Waals surface area contributed by atoms with Gasteiger partial charge in [-0.05, 0) is 38.2 Å². The van der Waals surface area contributed by atoms with Gasteiger partial charge in [0.05, 0.1) is 40.3 Å². The molecule has 4 heterocycles. The van der Waals surface area contributed by atoms with E-state index in [-0.39, 0.29) is 12.5 Å². The molecule has 2 aliphatic carbocycles. The highest BCUT2D eigenvalue weighted by Crippen LogP contribution is 2.38. The Morgan fingerprint density at radius 1 is 1.11 bits per heavy atom. The Bertz CT molecular complexity index is 1180. The topological polar surface area (TPSA) is 140 Å². The quantitative estimate of drug-likeness (QED) is 0.311. The van der Waals surface area contributed by atoms with E-state index >= 15 is 0 Å². The van der Waals surface area contributed by atoms with E-state index in [9.17, 15) is 15.3 Å². The molecular formula is C24H31N7O3S. The van der Waals surface area contributed by atoms with Crippen molar-refractivity contribution in [2.75, 3.05) is 36.9 Å². The molecule has 1 unspecified atom stereocenters. The third kappa shape index (κ3) is 4.58. The van der Waals surface area contributed by atoms with Crippen LogP contribution in [0.25, 0.3) is 20.8 Å². The summed E-state index contributed by atoms with van der Waals surface area (Å²) in [6.07, 6.45) is 4.64. The Balaban J connectivity index is 1.29. The molecule has 11 heteroatoms. The average Bonchev–Trinajstić information content (AvgIpc) is 3.47. The number of likely N-dealkylation sites (tertiary alicyclic amines) is 1. The van der Waals surface area contributed by atoms with Crippen molar-refractivity contribution in [2.24, 2.45) is 11.8 Å². The van der Waals surface area contributed by atoms with Crippen molar-refractivity contribution in [3.05, 3.63) is 24.2 Å². The van der Waals surface area contributed by atoms with Crippen molar-refractivity contribution in [1.82, 2.24) is 24.8 Å². The zero-order chi connectivity index (χ0) is 24.1. The molecule has 3 fully saturated rings. The minimum Gasteiger partial charge on any atom is -0.396 e. The first-order chi connectivity index (χ1) is 17.0. The van der Waals surface area contributed by atoms with Crippen molar-refractivity contribution in [1.29, 1.82) is 0 Å². The van der Waals surface area contributed by atoms with Gasteiger partial charge in [0.25, 0.3) is 0 Å². The second-order valence-electron chi connectivity index (χ2n) is 10.1. The summed E-state index contributed by atoms with van der Waals surface area (Å²) in [5, 5.41) is 38.2. The van der Waals surface area contributed by atoms with Crippen molar-refractivity contribution in [3.63, 3.8) is 0 Å². The second kappa shape index (κ2) is 9.21. The maximum Gasteiger partial charge on any atom is 0.225 e. The van der Waals surface area contributed by atoms with E-state index in [1.165, 1.54) is 19.4 Å². The molecule has 186 valence electrons. The molecule has 2 saturated carbocycles. The van der Waals surface area contributed by atoms with Gasteiger partial charge in [-0.15, -0.1) is 11.3 Å². The van der Waals surface area contributed by atoms with Gasteiger partial charge in [-0.1, -0.05) is 0 Å². The minimum atomic E-state index is -1.01. The summed E-state index contributed by atoms with van der Waals surface area (Å²) in [6, 6.07) is 1.79. The van der Waals surface area contributed by atoms with Crippen molar-refractivity contribution < 1.29 is 15.3 Å². The third-order valence-electron chi connectivity index (χ3n) is 7.36. The summed E-state index contributed by atoms with van der Waals surface area (Å²) >= 11 is 1.54. The van der Waals surface area contributed by atoms with Crippen LogP contribution in [0.1, 0.15) is 25.0 Å². The van der Waals surface area contributed by atoms with Crippen LogP contribution in [0.5, 0.6) is 0 Å². The molecule has 0 amide bonds. The fourth-order valence-electron chi connectivity index (χ4n) is 5.17. The summed E-state index contributed by atoms with van der Waals surface area (Å²) < 4.78 is 1.02. The Morgan fingerprint density at radius 3 is 2.66 bits per heavy atom. The molecule has 0 bridgehead atoms. The highest BCUT2D eigenvalue weighted by Gasteiger charge is 2.42. The first kappa shape index (κ1) is 23.0. The fourth-order valence-corrected chi connectivity index (χ4v) is 6.20. The van der Waals surface area contributed by atoms with Gasteiger partial charge in [-0.2, -0.15) is 4.98 Å². The molecule has 10 nitrogen and oxygen atoms in total. The summed E-state index contributed by atoms with van der Waals surface area (Å²) in [4.78, 5) is 21.0. The first-order valence-corrected chi connectivity index (χ1v) is 13.1. The van der Waals surface area contributed by atoms with Crippen LogP contribution < -0.4 is 10.6 Å². The smallest absolute Gasteiger partial charge is 0.225 e. The number of aliphatic hydroxyl groups is 3. The molecule has 0 spiro atoms. The molecule has 1 aliphatic heterocycles. The van der Waals surface area contributed by atoms with E-state index in [0.29, 0.717) is 24.2 Å². The number of nitrogens with zero attached hydrogens (tertiary/aromatic N) is 5. The van der Waals surface area contributed by atoms with Crippen LogP contribution in [0.2, 0.25) is 0 Å². The SMILES string of the molecule is Cc1nc(NC2CN(CC3CC3)C2)nc(NC2C[C@H](CO)[C@@H](O)[C@H]2O)c1-c1nc2cnccc2s1. The number of rotatable bonds is 8. The monoisotopic (exact) mass is 497 g/mol. The van der Waals surface area contributed by atoms with Crippen LogP contribution in [0.4, 0.5) is 11.8 Å². The summed E-state index contributed by atoms with van der Waals surface area (Å²) in [6.45, 7) is 4.92. The lowest BCUT2D eigenvalue weighted by Gasteiger charge is -2.39. The maximum absolute atomic E-state index is 10.6. The lowest BCUT2D eigenvalue weighted by molar-refractivity contribution is 0.00446. The summed E-state index contributed by atoms with van der Waals surface area (Å²) in [5.74, 6) is 1.60. The summed E-state index contributed by atoms with van der Waals surface area (Å²) in [5.41, 5.74) is 2.36. The average molecular weight is 498 g/mol. The summed E-state index contributed by atoms with van der Waals surface area (Å²) in [7, 11) is 0. The van der Waals surface area contributed by atoms with E-state index in [0.717, 1.165) is 45.5 Å².